The molecule has 1 aliphatic carbocycles. The summed E-state index contributed by atoms with van der Waals surface area (Å²) in [5.41, 5.74) is 0. The molecule has 0 unspecified atom stereocenters. The molecule has 1 saturated carbocycles. The highest BCUT2D eigenvalue weighted by Gasteiger charge is 2.19. The summed E-state index contributed by atoms with van der Waals surface area (Å²) in [5, 5.41) is 3.35. The van der Waals surface area contributed by atoms with E-state index in [9.17, 15) is 0 Å². The lowest BCUT2D eigenvalue weighted by atomic mass is 9.85. The zero-order valence-electron chi connectivity index (χ0n) is 7.68. The van der Waals surface area contributed by atoms with E-state index in [-0.39, 0.29) is 0 Å². The molecule has 12 heavy (non-hydrogen) atoms. The van der Waals surface area contributed by atoms with Crippen molar-refractivity contribution in [3.63, 3.8) is 0 Å². The van der Waals surface area contributed by atoms with E-state index in [2.05, 4.69) is 12.4 Å². The van der Waals surface area contributed by atoms with Gasteiger partial charge >= 0.3 is 0 Å². The summed E-state index contributed by atoms with van der Waals surface area (Å²) in [4.78, 5) is 0. The van der Waals surface area contributed by atoms with Gasteiger partial charge in [-0.25, -0.2) is 0 Å². The summed E-state index contributed by atoms with van der Waals surface area (Å²) in [6.45, 7) is 0. The lowest BCUT2D eigenvalue weighted by Crippen LogP contribution is -2.30. The number of nitrogens with one attached hydrogen (secondary N) is 1. The Morgan fingerprint density at radius 3 is 2.50 bits per heavy atom. The Morgan fingerprint density at radius 1 is 1.33 bits per heavy atom. The Morgan fingerprint density at radius 2 is 2.00 bits per heavy atom. The number of rotatable bonds is 4. The quantitative estimate of drug-likeness (QED) is 0.761. The summed E-state index contributed by atoms with van der Waals surface area (Å²) in [5.74, 6) is 2.07. The first-order chi connectivity index (χ1) is 5.86. The van der Waals surface area contributed by atoms with Crippen molar-refractivity contribution in [3.8, 4) is 0 Å². The second kappa shape index (κ2) is 6.11. The van der Waals surface area contributed by atoms with Gasteiger partial charge < -0.3 is 5.32 Å². The van der Waals surface area contributed by atoms with Crippen LogP contribution in [0.2, 0.25) is 0 Å². The third-order valence-corrected chi connectivity index (χ3v) is 3.71. The molecule has 0 aliphatic heterocycles. The van der Waals surface area contributed by atoms with Gasteiger partial charge in [-0.3, -0.25) is 0 Å². The highest BCUT2D eigenvalue weighted by molar-refractivity contribution is 8.21. The van der Waals surface area contributed by atoms with Gasteiger partial charge in [-0.2, -0.15) is 0 Å². The molecule has 0 spiro atoms. The smallest absolute Gasteiger partial charge is 0.00878 e. The van der Waals surface area contributed by atoms with E-state index in [1.807, 2.05) is 0 Å². The minimum absolute atomic E-state index is 0.782. The van der Waals surface area contributed by atoms with E-state index in [0.717, 1.165) is 17.7 Å². The molecule has 3 heteroatoms. The van der Waals surface area contributed by atoms with Gasteiger partial charge in [0.15, 0.2) is 0 Å². The van der Waals surface area contributed by atoms with Crippen molar-refractivity contribution in [1.29, 1.82) is 0 Å². The van der Waals surface area contributed by atoms with Crippen LogP contribution in [0.1, 0.15) is 32.1 Å². The first-order valence-electron chi connectivity index (χ1n) is 4.77. The molecule has 0 aromatic carbocycles. The first-order valence-corrected chi connectivity index (χ1v) is 6.58. The highest BCUT2D eigenvalue weighted by Crippen LogP contribution is 2.28. The first kappa shape index (κ1) is 10.7. The molecule has 0 radical (unpaired) electrons. The van der Waals surface area contributed by atoms with Crippen molar-refractivity contribution in [2.75, 3.05) is 12.8 Å². The van der Waals surface area contributed by atoms with Gasteiger partial charge in [-0.05, 0) is 55.8 Å². The molecule has 0 heterocycles. The van der Waals surface area contributed by atoms with Crippen LogP contribution in [0.5, 0.6) is 0 Å². The Hall–Kier alpha value is 0.600. The van der Waals surface area contributed by atoms with Crippen LogP contribution in [0.3, 0.4) is 0 Å². The van der Waals surface area contributed by atoms with Gasteiger partial charge in [0, 0.05) is 11.8 Å². The minimum atomic E-state index is 0.782. The molecule has 0 amide bonds. The van der Waals surface area contributed by atoms with E-state index >= 15 is 0 Å². The van der Waals surface area contributed by atoms with Gasteiger partial charge in [0.05, 0.1) is 0 Å². The Kier molecular flexibility index (Phi) is 5.44. The monoisotopic (exact) mass is 207 g/mol. The Labute approximate surface area is 84.1 Å². The standard InChI is InChI=1S/C9H18ClNS/c1-11-9-4-2-8(3-5-9)6-7-12-10/h8-9,11H,2-7H2,1H3. The molecule has 0 bridgehead atoms. The lowest BCUT2D eigenvalue weighted by Gasteiger charge is -2.27. The second-order valence-corrected chi connectivity index (χ2v) is 4.89. The van der Waals surface area contributed by atoms with Crippen molar-refractivity contribution in [2.45, 2.75) is 38.1 Å². The summed E-state index contributed by atoms with van der Waals surface area (Å²) < 4.78 is 0. The van der Waals surface area contributed by atoms with Crippen LogP contribution in [0.15, 0.2) is 0 Å². The molecule has 1 rings (SSSR count). The SMILES string of the molecule is CNC1CCC(CCSCl)CC1. The molecule has 1 N–H and O–H groups in total. The zero-order chi connectivity index (χ0) is 8.81. The number of hydrogen-bond donors (Lipinski definition) is 1. The van der Waals surface area contributed by atoms with E-state index in [4.69, 9.17) is 10.7 Å². The van der Waals surface area contributed by atoms with Crippen molar-refractivity contribution in [2.24, 2.45) is 5.92 Å². The summed E-state index contributed by atoms with van der Waals surface area (Å²) >= 11 is 0. The van der Waals surface area contributed by atoms with Crippen molar-refractivity contribution in [3.05, 3.63) is 0 Å². The Balaban J connectivity index is 2.09. The number of hydrogen-bond acceptors (Lipinski definition) is 2. The molecule has 0 aromatic rings. The van der Waals surface area contributed by atoms with Crippen molar-refractivity contribution >= 4 is 21.7 Å². The van der Waals surface area contributed by atoms with Crippen molar-refractivity contribution in [1.82, 2.24) is 5.32 Å². The largest absolute Gasteiger partial charge is 0.317 e. The summed E-state index contributed by atoms with van der Waals surface area (Å²) in [6.07, 6.45) is 6.80. The second-order valence-electron chi connectivity index (χ2n) is 3.61. The van der Waals surface area contributed by atoms with Gasteiger partial charge in [0.25, 0.3) is 0 Å². The fourth-order valence-electron chi connectivity index (χ4n) is 1.95. The van der Waals surface area contributed by atoms with Crippen LogP contribution in [0.4, 0.5) is 0 Å². The predicted octanol–water partition coefficient (Wildman–Crippen LogP) is 3.04. The van der Waals surface area contributed by atoms with Crippen LogP contribution < -0.4 is 5.32 Å². The van der Waals surface area contributed by atoms with Crippen molar-refractivity contribution < 1.29 is 0 Å². The van der Waals surface area contributed by atoms with Crippen LogP contribution in [-0.4, -0.2) is 18.8 Å². The van der Waals surface area contributed by atoms with E-state index in [1.165, 1.54) is 43.1 Å². The molecule has 72 valence electrons. The third kappa shape index (κ3) is 3.55. The maximum Gasteiger partial charge on any atom is 0.00878 e. The molecule has 0 saturated heterocycles. The van der Waals surface area contributed by atoms with Gasteiger partial charge in [-0.15, -0.1) is 0 Å². The maximum atomic E-state index is 5.58. The van der Waals surface area contributed by atoms with Crippen LogP contribution in [0, 0.1) is 5.92 Å². The average Bonchev–Trinajstić information content (AvgIpc) is 2.15. The number of halogens is 1. The fraction of sp³-hybridized carbons (Fsp3) is 1.00. The molecular weight excluding hydrogens is 190 g/mol. The van der Waals surface area contributed by atoms with Crippen LogP contribution >= 0.6 is 21.7 Å². The maximum absolute atomic E-state index is 5.58. The van der Waals surface area contributed by atoms with Gasteiger partial charge in [-0.1, -0.05) is 11.0 Å². The molecular formula is C9H18ClNS. The molecule has 1 fully saturated rings. The van der Waals surface area contributed by atoms with Crippen LogP contribution in [0.25, 0.3) is 0 Å². The van der Waals surface area contributed by atoms with E-state index in [1.54, 1.807) is 0 Å². The van der Waals surface area contributed by atoms with Gasteiger partial charge in [0.1, 0.15) is 0 Å². The highest BCUT2D eigenvalue weighted by atomic mass is 35.7. The van der Waals surface area contributed by atoms with E-state index < -0.39 is 0 Å². The lowest BCUT2D eigenvalue weighted by molar-refractivity contribution is 0.297. The molecule has 1 aliphatic rings. The van der Waals surface area contributed by atoms with Crippen LogP contribution in [-0.2, 0) is 0 Å². The topological polar surface area (TPSA) is 12.0 Å². The van der Waals surface area contributed by atoms with E-state index in [0.29, 0.717) is 0 Å². The normalized spacial score (nSPS) is 30.5. The average molecular weight is 208 g/mol. The zero-order valence-corrected chi connectivity index (χ0v) is 9.26. The van der Waals surface area contributed by atoms with Gasteiger partial charge in [0.2, 0.25) is 0 Å². The summed E-state index contributed by atoms with van der Waals surface area (Å²) in [7, 11) is 9.11. The predicted molar refractivity (Wildman–Crippen MR) is 57.7 cm³/mol. The minimum Gasteiger partial charge on any atom is -0.317 e. The Bertz CT molecular complexity index is 113. The molecule has 1 nitrogen and oxygen atoms in total. The third-order valence-electron chi connectivity index (χ3n) is 2.86. The fourth-order valence-corrected chi connectivity index (χ4v) is 2.64. The molecule has 0 aromatic heterocycles. The molecule has 0 atom stereocenters. The summed E-state index contributed by atoms with van der Waals surface area (Å²) in [6, 6.07) is 0.782.